The lowest BCUT2D eigenvalue weighted by Crippen LogP contribution is -2.34. The Morgan fingerprint density at radius 1 is 1.61 bits per heavy atom. The number of hydrazine groups is 1. The first kappa shape index (κ1) is 14.3. The quantitative estimate of drug-likeness (QED) is 0.243. The number of benzene rings is 1. The van der Waals surface area contributed by atoms with Gasteiger partial charge >= 0.3 is 0 Å². The van der Waals surface area contributed by atoms with Gasteiger partial charge in [-0.1, -0.05) is 5.16 Å². The van der Waals surface area contributed by atoms with Gasteiger partial charge in [-0.3, -0.25) is 10.2 Å². The van der Waals surface area contributed by atoms with Gasteiger partial charge in [0, 0.05) is 10.0 Å². The van der Waals surface area contributed by atoms with Gasteiger partial charge in [0.2, 0.25) is 0 Å². The van der Waals surface area contributed by atoms with E-state index in [1.54, 1.807) is 12.1 Å². The summed E-state index contributed by atoms with van der Waals surface area (Å²) >= 11 is 3.27. The third-order valence-electron chi connectivity index (χ3n) is 2.00. The molecule has 98 valence electrons. The van der Waals surface area contributed by atoms with Gasteiger partial charge in [-0.2, -0.15) is 0 Å². The molecule has 0 atom stereocenters. The molecule has 0 fully saturated rings. The zero-order chi connectivity index (χ0) is 13.5. The van der Waals surface area contributed by atoms with Crippen LogP contribution in [-0.2, 0) is 4.79 Å². The minimum Gasteiger partial charge on any atom is -0.493 e. The van der Waals surface area contributed by atoms with E-state index in [0.29, 0.717) is 21.5 Å². The molecule has 1 aromatic rings. The summed E-state index contributed by atoms with van der Waals surface area (Å²) < 4.78 is 11.0. The Kier molecular flexibility index (Phi) is 5.40. The third-order valence-corrected chi connectivity index (χ3v) is 2.69. The standard InChI is InChI=1S/C10H12BrN3O4/c1-17-8-2-6(4-13-16)7(11)3-9(8)18-5-10(15)14-12/h2-4,16H,5,12H2,1H3,(H,14,15)/b13-4-. The number of halogens is 1. The predicted octanol–water partition coefficient (Wildman–Crippen LogP) is 0.635. The number of hydrogen-bond acceptors (Lipinski definition) is 6. The molecule has 18 heavy (non-hydrogen) atoms. The molecule has 0 aliphatic rings. The number of nitrogens with one attached hydrogen (secondary N) is 1. The van der Waals surface area contributed by atoms with E-state index >= 15 is 0 Å². The monoisotopic (exact) mass is 317 g/mol. The molecular formula is C10H12BrN3O4. The van der Waals surface area contributed by atoms with E-state index in [9.17, 15) is 4.79 Å². The number of oxime groups is 1. The highest BCUT2D eigenvalue weighted by atomic mass is 79.9. The number of nitrogens with two attached hydrogens (primary N) is 1. The van der Waals surface area contributed by atoms with Crippen LogP contribution in [0.2, 0.25) is 0 Å². The van der Waals surface area contributed by atoms with Gasteiger partial charge in [0.1, 0.15) is 0 Å². The van der Waals surface area contributed by atoms with Crippen LogP contribution in [0.15, 0.2) is 21.8 Å². The summed E-state index contributed by atoms with van der Waals surface area (Å²) in [5, 5.41) is 11.4. The van der Waals surface area contributed by atoms with E-state index < -0.39 is 5.91 Å². The number of ether oxygens (including phenoxy) is 2. The second kappa shape index (κ2) is 6.82. The molecular weight excluding hydrogens is 306 g/mol. The Morgan fingerprint density at radius 3 is 2.89 bits per heavy atom. The van der Waals surface area contributed by atoms with Gasteiger partial charge in [0.15, 0.2) is 18.1 Å². The predicted molar refractivity (Wildman–Crippen MR) is 67.9 cm³/mol. The zero-order valence-corrected chi connectivity index (χ0v) is 11.1. The molecule has 0 heterocycles. The summed E-state index contributed by atoms with van der Waals surface area (Å²) in [4.78, 5) is 11.0. The molecule has 0 unspecified atom stereocenters. The lowest BCUT2D eigenvalue weighted by molar-refractivity contribution is -0.123. The normalized spacial score (nSPS) is 10.4. The van der Waals surface area contributed by atoms with Crippen LogP contribution < -0.4 is 20.7 Å². The van der Waals surface area contributed by atoms with Gasteiger partial charge < -0.3 is 14.7 Å². The average molecular weight is 318 g/mol. The van der Waals surface area contributed by atoms with Crippen molar-refractivity contribution >= 4 is 28.1 Å². The SMILES string of the molecule is COc1cc(/C=N\O)c(Br)cc1OCC(=O)NN. The van der Waals surface area contributed by atoms with Crippen LogP contribution in [0.4, 0.5) is 0 Å². The molecule has 0 saturated heterocycles. The van der Waals surface area contributed by atoms with E-state index in [-0.39, 0.29) is 6.61 Å². The average Bonchev–Trinajstić information content (AvgIpc) is 2.38. The van der Waals surface area contributed by atoms with Gasteiger partial charge in [-0.25, -0.2) is 5.84 Å². The van der Waals surface area contributed by atoms with Crippen molar-refractivity contribution in [2.24, 2.45) is 11.0 Å². The molecule has 0 spiro atoms. The Balaban J connectivity index is 2.97. The molecule has 1 rings (SSSR count). The van der Waals surface area contributed by atoms with E-state index in [0.717, 1.165) is 0 Å². The number of nitrogens with zero attached hydrogens (tertiary/aromatic N) is 1. The van der Waals surface area contributed by atoms with Crippen molar-refractivity contribution in [3.63, 3.8) is 0 Å². The number of carbonyl (C=O) groups is 1. The maximum absolute atomic E-state index is 11.0. The molecule has 0 saturated carbocycles. The summed E-state index contributed by atoms with van der Waals surface area (Å²) in [5.41, 5.74) is 2.55. The Hall–Kier alpha value is -1.80. The minimum absolute atomic E-state index is 0.229. The smallest absolute Gasteiger partial charge is 0.271 e. The number of carbonyl (C=O) groups excluding carboxylic acids is 1. The molecule has 7 nitrogen and oxygen atoms in total. The highest BCUT2D eigenvalue weighted by molar-refractivity contribution is 9.10. The summed E-state index contributed by atoms with van der Waals surface area (Å²) in [6.07, 6.45) is 1.24. The van der Waals surface area contributed by atoms with Crippen LogP contribution in [0.5, 0.6) is 11.5 Å². The van der Waals surface area contributed by atoms with Crippen LogP contribution in [0, 0.1) is 0 Å². The molecule has 1 amide bonds. The first-order valence-electron chi connectivity index (χ1n) is 4.79. The van der Waals surface area contributed by atoms with Crippen molar-refractivity contribution in [1.82, 2.24) is 5.43 Å². The second-order valence-electron chi connectivity index (χ2n) is 3.13. The number of hydrogen-bond donors (Lipinski definition) is 3. The Morgan fingerprint density at radius 2 is 2.33 bits per heavy atom. The van der Waals surface area contributed by atoms with Crippen LogP contribution in [0.3, 0.4) is 0 Å². The molecule has 1 aromatic carbocycles. The maximum Gasteiger partial charge on any atom is 0.271 e. The van der Waals surface area contributed by atoms with Gasteiger partial charge in [-0.15, -0.1) is 0 Å². The summed E-state index contributed by atoms with van der Waals surface area (Å²) in [6, 6.07) is 3.19. The molecule has 0 aliphatic heterocycles. The van der Waals surface area contributed by atoms with Crippen molar-refractivity contribution in [3.8, 4) is 11.5 Å². The van der Waals surface area contributed by atoms with Crippen LogP contribution >= 0.6 is 15.9 Å². The zero-order valence-electron chi connectivity index (χ0n) is 9.51. The van der Waals surface area contributed by atoms with Crippen LogP contribution in [0.1, 0.15) is 5.56 Å². The lowest BCUT2D eigenvalue weighted by atomic mass is 10.2. The fraction of sp³-hybridized carbons (Fsp3) is 0.200. The molecule has 0 bridgehead atoms. The summed E-state index contributed by atoms with van der Waals surface area (Å²) in [6.45, 7) is -0.229. The van der Waals surface area contributed by atoms with Crippen LogP contribution in [-0.4, -0.2) is 31.0 Å². The van der Waals surface area contributed by atoms with E-state index in [1.165, 1.54) is 13.3 Å². The molecule has 0 aliphatic carbocycles. The number of amides is 1. The van der Waals surface area contributed by atoms with Gasteiger partial charge in [-0.05, 0) is 28.1 Å². The molecule has 8 heteroatoms. The topological polar surface area (TPSA) is 106 Å². The van der Waals surface area contributed by atoms with Crippen molar-refractivity contribution in [3.05, 3.63) is 22.2 Å². The van der Waals surface area contributed by atoms with Crippen molar-refractivity contribution in [2.45, 2.75) is 0 Å². The number of rotatable bonds is 5. The summed E-state index contributed by atoms with van der Waals surface area (Å²) in [5.74, 6) is 5.24. The highest BCUT2D eigenvalue weighted by Crippen LogP contribution is 2.32. The Bertz CT molecular complexity index is 465. The van der Waals surface area contributed by atoms with Crippen molar-refractivity contribution in [1.29, 1.82) is 0 Å². The first-order valence-corrected chi connectivity index (χ1v) is 5.59. The van der Waals surface area contributed by atoms with Gasteiger partial charge in [0.05, 0.1) is 13.3 Å². The fourth-order valence-electron chi connectivity index (χ4n) is 1.17. The molecule has 0 radical (unpaired) electrons. The third kappa shape index (κ3) is 3.60. The van der Waals surface area contributed by atoms with Gasteiger partial charge in [0.25, 0.3) is 5.91 Å². The highest BCUT2D eigenvalue weighted by Gasteiger charge is 2.10. The summed E-state index contributed by atoms with van der Waals surface area (Å²) in [7, 11) is 1.46. The van der Waals surface area contributed by atoms with E-state index in [4.69, 9.17) is 20.5 Å². The second-order valence-corrected chi connectivity index (χ2v) is 3.98. The first-order chi connectivity index (χ1) is 8.62. The maximum atomic E-state index is 11.0. The van der Waals surface area contributed by atoms with E-state index in [2.05, 4.69) is 21.1 Å². The van der Waals surface area contributed by atoms with Crippen LogP contribution in [0.25, 0.3) is 0 Å². The fourth-order valence-corrected chi connectivity index (χ4v) is 1.59. The number of methoxy groups -OCH3 is 1. The van der Waals surface area contributed by atoms with E-state index in [1.807, 2.05) is 5.43 Å². The largest absolute Gasteiger partial charge is 0.493 e. The Labute approximate surface area is 112 Å². The lowest BCUT2D eigenvalue weighted by Gasteiger charge is -2.11. The van der Waals surface area contributed by atoms with Crippen molar-refractivity contribution in [2.75, 3.05) is 13.7 Å². The minimum atomic E-state index is -0.464. The van der Waals surface area contributed by atoms with Crippen molar-refractivity contribution < 1.29 is 19.5 Å². The molecule has 0 aromatic heterocycles. The molecule has 4 N–H and O–H groups in total.